The number of rotatable bonds is 7. The van der Waals surface area contributed by atoms with E-state index >= 15 is 0 Å². The van der Waals surface area contributed by atoms with Gasteiger partial charge in [-0.1, -0.05) is 67.6 Å². The van der Waals surface area contributed by atoms with E-state index in [1.807, 2.05) is 67.7 Å². The minimum Gasteiger partial charge on any atom is -0.359 e. The molecule has 0 saturated heterocycles. The molecule has 2 heterocycles. The lowest BCUT2D eigenvalue weighted by Crippen LogP contribution is -2.37. The number of benzene rings is 2. The van der Waals surface area contributed by atoms with E-state index in [9.17, 15) is 8.42 Å². The normalized spacial score (nSPS) is 14.4. The fourth-order valence-electron chi connectivity index (χ4n) is 3.88. The SMILES string of the molecule is CCCN(C)c1nc(-c2ccccc2)nc2c1CN(S(=O)(=O)/C=C/c1ccccc1)CC2. The second-order valence-corrected chi connectivity index (χ2v) is 9.74. The molecule has 7 heteroatoms. The van der Waals surface area contributed by atoms with Gasteiger partial charge in [-0.3, -0.25) is 0 Å². The number of fused-ring (bicyclic) bond motifs is 1. The lowest BCUT2D eigenvalue weighted by Gasteiger charge is -2.30. The van der Waals surface area contributed by atoms with Crippen LogP contribution in [-0.2, 0) is 23.0 Å². The summed E-state index contributed by atoms with van der Waals surface area (Å²) in [5.74, 6) is 1.49. The zero-order chi connectivity index (χ0) is 22.6. The van der Waals surface area contributed by atoms with E-state index in [0.29, 0.717) is 18.8 Å². The molecule has 32 heavy (non-hydrogen) atoms. The highest BCUT2D eigenvalue weighted by Crippen LogP contribution is 2.30. The van der Waals surface area contributed by atoms with Crippen molar-refractivity contribution in [2.24, 2.45) is 0 Å². The standard InChI is InChI=1S/C25H28N4O2S/c1-3-16-28(2)25-22-19-29(32(30,31)18-15-20-10-6-4-7-11-20)17-14-23(22)26-24(27-25)21-12-8-5-9-13-21/h4-13,15,18H,3,14,16-17,19H2,1-2H3/b18-15+. The summed E-state index contributed by atoms with van der Waals surface area (Å²) in [6.45, 7) is 3.62. The monoisotopic (exact) mass is 448 g/mol. The van der Waals surface area contributed by atoms with Crippen LogP contribution >= 0.6 is 0 Å². The van der Waals surface area contributed by atoms with E-state index in [0.717, 1.165) is 41.2 Å². The molecule has 1 aliphatic heterocycles. The van der Waals surface area contributed by atoms with E-state index in [1.54, 1.807) is 6.08 Å². The number of sulfonamides is 1. The van der Waals surface area contributed by atoms with Gasteiger partial charge in [-0.05, 0) is 18.1 Å². The summed E-state index contributed by atoms with van der Waals surface area (Å²) in [6.07, 6.45) is 3.17. The maximum absolute atomic E-state index is 13.0. The van der Waals surface area contributed by atoms with E-state index in [4.69, 9.17) is 9.97 Å². The van der Waals surface area contributed by atoms with Gasteiger partial charge in [-0.2, -0.15) is 4.31 Å². The number of hydrogen-bond donors (Lipinski definition) is 0. The zero-order valence-electron chi connectivity index (χ0n) is 18.5. The summed E-state index contributed by atoms with van der Waals surface area (Å²) in [5.41, 5.74) is 3.63. The molecule has 3 aromatic rings. The highest BCUT2D eigenvalue weighted by molar-refractivity contribution is 7.92. The molecular formula is C25H28N4O2S. The van der Waals surface area contributed by atoms with Crippen LogP contribution in [-0.4, -0.2) is 42.8 Å². The van der Waals surface area contributed by atoms with Gasteiger partial charge in [-0.15, -0.1) is 0 Å². The molecule has 4 rings (SSSR count). The van der Waals surface area contributed by atoms with Crippen molar-refractivity contribution < 1.29 is 8.42 Å². The number of nitrogens with zero attached hydrogens (tertiary/aromatic N) is 4. The third-order valence-electron chi connectivity index (χ3n) is 5.55. The molecule has 1 aromatic heterocycles. The van der Waals surface area contributed by atoms with E-state index in [-0.39, 0.29) is 6.54 Å². The predicted octanol–water partition coefficient (Wildman–Crippen LogP) is 4.35. The summed E-state index contributed by atoms with van der Waals surface area (Å²) in [6, 6.07) is 19.4. The van der Waals surface area contributed by atoms with Crippen LogP contribution in [0.1, 0.15) is 30.2 Å². The molecule has 0 unspecified atom stereocenters. The fraction of sp³-hybridized carbons (Fsp3) is 0.280. The molecule has 1 aliphatic rings. The minimum absolute atomic E-state index is 0.273. The van der Waals surface area contributed by atoms with Gasteiger partial charge in [0.1, 0.15) is 5.82 Å². The zero-order valence-corrected chi connectivity index (χ0v) is 19.3. The van der Waals surface area contributed by atoms with Crippen molar-refractivity contribution in [3.05, 3.63) is 82.9 Å². The van der Waals surface area contributed by atoms with Gasteiger partial charge in [0.25, 0.3) is 0 Å². The highest BCUT2D eigenvalue weighted by atomic mass is 32.2. The Balaban J connectivity index is 1.67. The van der Waals surface area contributed by atoms with Crippen LogP contribution in [0.25, 0.3) is 17.5 Å². The molecule has 0 aliphatic carbocycles. The minimum atomic E-state index is -3.56. The first-order chi connectivity index (χ1) is 15.5. The van der Waals surface area contributed by atoms with Crippen LogP contribution < -0.4 is 4.90 Å². The average molecular weight is 449 g/mol. The number of aromatic nitrogens is 2. The second-order valence-electron chi connectivity index (χ2n) is 7.93. The van der Waals surface area contributed by atoms with Gasteiger partial charge in [-0.25, -0.2) is 18.4 Å². The molecule has 0 amide bonds. The van der Waals surface area contributed by atoms with Crippen molar-refractivity contribution in [1.29, 1.82) is 0 Å². The lowest BCUT2D eigenvalue weighted by atomic mass is 10.1. The quantitative estimate of drug-likeness (QED) is 0.538. The van der Waals surface area contributed by atoms with Crippen molar-refractivity contribution in [3.8, 4) is 11.4 Å². The Morgan fingerprint density at radius 3 is 2.41 bits per heavy atom. The van der Waals surface area contributed by atoms with E-state index in [1.165, 1.54) is 9.71 Å². The Kier molecular flexibility index (Phi) is 6.67. The van der Waals surface area contributed by atoms with Crippen LogP contribution in [0.15, 0.2) is 66.1 Å². The summed E-state index contributed by atoms with van der Waals surface area (Å²) < 4.78 is 27.6. The van der Waals surface area contributed by atoms with Crippen molar-refractivity contribution in [2.45, 2.75) is 26.3 Å². The van der Waals surface area contributed by atoms with Crippen molar-refractivity contribution >= 4 is 21.9 Å². The lowest BCUT2D eigenvalue weighted by molar-refractivity contribution is 0.392. The molecule has 0 fully saturated rings. The van der Waals surface area contributed by atoms with Crippen LogP contribution in [0.2, 0.25) is 0 Å². The van der Waals surface area contributed by atoms with E-state index in [2.05, 4.69) is 11.8 Å². The van der Waals surface area contributed by atoms with Crippen molar-refractivity contribution in [2.75, 3.05) is 25.0 Å². The Hall–Kier alpha value is -3.03. The first kappa shape index (κ1) is 22.2. The molecule has 0 radical (unpaired) electrons. The maximum Gasteiger partial charge on any atom is 0.236 e. The summed E-state index contributed by atoms with van der Waals surface area (Å²) in [7, 11) is -1.56. The van der Waals surface area contributed by atoms with Gasteiger partial charge in [0.2, 0.25) is 10.0 Å². The Bertz CT molecular complexity index is 1200. The molecule has 2 aromatic carbocycles. The average Bonchev–Trinajstić information content (AvgIpc) is 2.83. The summed E-state index contributed by atoms with van der Waals surface area (Å²) >= 11 is 0. The van der Waals surface area contributed by atoms with Gasteiger partial charge in [0, 0.05) is 49.6 Å². The Labute approximate surface area is 190 Å². The third-order valence-corrected chi connectivity index (χ3v) is 7.06. The van der Waals surface area contributed by atoms with Gasteiger partial charge in [0.15, 0.2) is 5.82 Å². The predicted molar refractivity (Wildman–Crippen MR) is 130 cm³/mol. The van der Waals surface area contributed by atoms with Gasteiger partial charge in [0.05, 0.1) is 5.69 Å². The molecular weight excluding hydrogens is 420 g/mol. The van der Waals surface area contributed by atoms with Gasteiger partial charge < -0.3 is 4.90 Å². The Morgan fingerprint density at radius 1 is 1.03 bits per heavy atom. The molecule has 0 N–H and O–H groups in total. The molecule has 0 saturated carbocycles. The highest BCUT2D eigenvalue weighted by Gasteiger charge is 2.29. The summed E-state index contributed by atoms with van der Waals surface area (Å²) in [5, 5.41) is 1.29. The maximum atomic E-state index is 13.0. The molecule has 0 spiro atoms. The van der Waals surface area contributed by atoms with Gasteiger partial charge >= 0.3 is 0 Å². The van der Waals surface area contributed by atoms with E-state index < -0.39 is 10.0 Å². The third kappa shape index (κ3) is 4.89. The Morgan fingerprint density at radius 2 is 1.72 bits per heavy atom. The number of hydrogen-bond acceptors (Lipinski definition) is 5. The number of anilines is 1. The van der Waals surface area contributed by atoms with Crippen LogP contribution in [0.4, 0.5) is 5.82 Å². The molecule has 0 atom stereocenters. The molecule has 6 nitrogen and oxygen atoms in total. The van der Waals surface area contributed by atoms with Crippen LogP contribution in [0, 0.1) is 0 Å². The smallest absolute Gasteiger partial charge is 0.236 e. The second kappa shape index (κ2) is 9.63. The molecule has 0 bridgehead atoms. The summed E-state index contributed by atoms with van der Waals surface area (Å²) in [4.78, 5) is 11.8. The van der Waals surface area contributed by atoms with Crippen LogP contribution in [0.3, 0.4) is 0 Å². The first-order valence-corrected chi connectivity index (χ1v) is 12.4. The fourth-order valence-corrected chi connectivity index (χ4v) is 5.03. The van der Waals surface area contributed by atoms with Crippen LogP contribution in [0.5, 0.6) is 0 Å². The van der Waals surface area contributed by atoms with Crippen molar-refractivity contribution in [3.63, 3.8) is 0 Å². The van der Waals surface area contributed by atoms with Crippen molar-refractivity contribution in [1.82, 2.24) is 14.3 Å². The topological polar surface area (TPSA) is 66.4 Å². The first-order valence-electron chi connectivity index (χ1n) is 10.9. The largest absolute Gasteiger partial charge is 0.359 e. The molecule has 166 valence electrons.